The number of alkyl halides is 3. The van der Waals surface area contributed by atoms with Crippen LogP contribution in [0, 0.1) is 0 Å². The third-order valence-corrected chi connectivity index (χ3v) is 4.92. The summed E-state index contributed by atoms with van der Waals surface area (Å²) in [5, 5.41) is 2.17. The van der Waals surface area contributed by atoms with Gasteiger partial charge in [0.15, 0.2) is 6.04 Å². The standard InChI is InChI=1S/C21H25F3N2O2/c1-2-3-4-5-13-28-16-9-10-17-15(14-16)7-6-8-18(17)20(21(22,23)24)26-12-11-19(27)25-26/h6-10,14,20H,2-5,11-13H2,1H3,(H,25,27). The van der Waals surface area contributed by atoms with Gasteiger partial charge in [0.2, 0.25) is 5.91 Å². The monoisotopic (exact) mass is 394 g/mol. The maximum atomic E-state index is 13.8. The van der Waals surface area contributed by atoms with Gasteiger partial charge >= 0.3 is 6.18 Å². The molecule has 1 aliphatic heterocycles. The minimum absolute atomic E-state index is 0.0261. The molecule has 1 aliphatic rings. The zero-order valence-electron chi connectivity index (χ0n) is 15.9. The molecule has 152 valence electrons. The van der Waals surface area contributed by atoms with E-state index in [0.29, 0.717) is 23.1 Å². The van der Waals surface area contributed by atoms with Crippen LogP contribution in [0.4, 0.5) is 13.2 Å². The lowest BCUT2D eigenvalue weighted by Crippen LogP contribution is -2.43. The van der Waals surface area contributed by atoms with Crippen molar-refractivity contribution in [3.8, 4) is 5.75 Å². The summed E-state index contributed by atoms with van der Waals surface area (Å²) in [6.07, 6.45) is -0.0829. The van der Waals surface area contributed by atoms with E-state index in [0.717, 1.165) is 30.7 Å². The Morgan fingerprint density at radius 2 is 2.00 bits per heavy atom. The zero-order chi connectivity index (χ0) is 20.1. The van der Waals surface area contributed by atoms with Crippen LogP contribution in [-0.2, 0) is 4.79 Å². The summed E-state index contributed by atoms with van der Waals surface area (Å²) in [5.41, 5.74) is 2.46. The molecule has 1 heterocycles. The predicted octanol–water partition coefficient (Wildman–Crippen LogP) is 5.14. The van der Waals surface area contributed by atoms with Gasteiger partial charge in [-0.05, 0) is 34.9 Å². The first-order valence-corrected chi connectivity index (χ1v) is 9.68. The van der Waals surface area contributed by atoms with Crippen molar-refractivity contribution in [2.45, 2.75) is 51.2 Å². The molecule has 3 rings (SSSR count). The number of benzene rings is 2. The van der Waals surface area contributed by atoms with Gasteiger partial charge in [-0.3, -0.25) is 10.2 Å². The zero-order valence-corrected chi connectivity index (χ0v) is 15.9. The van der Waals surface area contributed by atoms with Gasteiger partial charge in [0.25, 0.3) is 0 Å². The summed E-state index contributed by atoms with van der Waals surface area (Å²) in [4.78, 5) is 11.5. The number of rotatable bonds is 8. The molecule has 1 unspecified atom stereocenters. The number of fused-ring (bicyclic) bond motifs is 1. The van der Waals surface area contributed by atoms with Crippen molar-refractivity contribution < 1.29 is 22.7 Å². The molecule has 0 aromatic heterocycles. The molecular formula is C21H25F3N2O2. The molecule has 4 nitrogen and oxygen atoms in total. The van der Waals surface area contributed by atoms with E-state index in [-0.39, 0.29) is 18.5 Å². The highest BCUT2D eigenvalue weighted by molar-refractivity contribution is 5.87. The van der Waals surface area contributed by atoms with Crippen molar-refractivity contribution in [1.29, 1.82) is 0 Å². The number of nitrogens with one attached hydrogen (secondary N) is 1. The summed E-state index contributed by atoms with van der Waals surface area (Å²) in [6, 6.07) is 8.12. The van der Waals surface area contributed by atoms with Crippen LogP contribution in [0.5, 0.6) is 5.75 Å². The first-order valence-electron chi connectivity index (χ1n) is 9.68. The highest BCUT2D eigenvalue weighted by Gasteiger charge is 2.47. The van der Waals surface area contributed by atoms with E-state index >= 15 is 0 Å². The molecule has 1 fully saturated rings. The third kappa shape index (κ3) is 4.76. The van der Waals surface area contributed by atoms with Crippen LogP contribution < -0.4 is 10.2 Å². The molecule has 0 bridgehead atoms. The maximum Gasteiger partial charge on any atom is 0.409 e. The Kier molecular flexibility index (Phi) is 6.44. The molecule has 1 amide bonds. The van der Waals surface area contributed by atoms with Crippen LogP contribution in [0.25, 0.3) is 10.8 Å². The quantitative estimate of drug-likeness (QED) is 0.631. The number of hydrogen-bond donors (Lipinski definition) is 1. The SMILES string of the molecule is CCCCCCOc1ccc2c(C(N3CCC(=O)N3)C(F)(F)F)cccc2c1. The third-order valence-electron chi connectivity index (χ3n) is 4.92. The van der Waals surface area contributed by atoms with Gasteiger partial charge in [0.05, 0.1) is 6.61 Å². The summed E-state index contributed by atoms with van der Waals surface area (Å²) in [7, 11) is 0. The minimum atomic E-state index is -4.51. The number of hydrogen-bond acceptors (Lipinski definition) is 3. The Hall–Kier alpha value is -2.28. The fourth-order valence-corrected chi connectivity index (χ4v) is 3.54. The van der Waals surface area contributed by atoms with Gasteiger partial charge in [-0.1, -0.05) is 50.5 Å². The molecule has 0 radical (unpaired) electrons. The molecule has 1 N–H and O–H groups in total. The first kappa shape index (κ1) is 20.5. The van der Waals surface area contributed by atoms with Gasteiger partial charge in [-0.25, -0.2) is 5.01 Å². The lowest BCUT2D eigenvalue weighted by molar-refractivity contribution is -0.190. The molecule has 0 spiro atoms. The Bertz CT molecular complexity index is 823. The minimum Gasteiger partial charge on any atom is -0.494 e. The van der Waals surface area contributed by atoms with Crippen molar-refractivity contribution >= 4 is 16.7 Å². The molecule has 1 saturated heterocycles. The van der Waals surface area contributed by atoms with Gasteiger partial charge in [-0.15, -0.1) is 0 Å². The van der Waals surface area contributed by atoms with E-state index in [1.54, 1.807) is 30.3 Å². The van der Waals surface area contributed by atoms with E-state index in [1.165, 1.54) is 6.07 Å². The molecule has 1 atom stereocenters. The molecule has 2 aromatic rings. The van der Waals surface area contributed by atoms with Crippen LogP contribution in [0.15, 0.2) is 36.4 Å². The Labute approximate surface area is 162 Å². The number of carbonyl (C=O) groups excluding carboxylic acids is 1. The number of ether oxygens (including phenoxy) is 1. The first-order chi connectivity index (χ1) is 13.4. The van der Waals surface area contributed by atoms with Gasteiger partial charge in [-0.2, -0.15) is 13.2 Å². The van der Waals surface area contributed by atoms with E-state index in [2.05, 4.69) is 12.3 Å². The molecular weight excluding hydrogens is 369 g/mol. The van der Waals surface area contributed by atoms with Crippen LogP contribution in [0.2, 0.25) is 0 Å². The fourth-order valence-electron chi connectivity index (χ4n) is 3.54. The number of nitrogens with zero attached hydrogens (tertiary/aromatic N) is 1. The summed E-state index contributed by atoms with van der Waals surface area (Å²) < 4.78 is 47.3. The van der Waals surface area contributed by atoms with Crippen LogP contribution >= 0.6 is 0 Å². The summed E-state index contributed by atoms with van der Waals surface area (Å²) in [6.45, 7) is 2.76. The average molecular weight is 394 g/mol. The predicted molar refractivity (Wildman–Crippen MR) is 102 cm³/mol. The van der Waals surface area contributed by atoms with E-state index in [4.69, 9.17) is 4.74 Å². The summed E-state index contributed by atoms with van der Waals surface area (Å²) in [5.74, 6) is 0.257. The Balaban J connectivity index is 1.85. The summed E-state index contributed by atoms with van der Waals surface area (Å²) >= 11 is 0. The number of hydrazine groups is 1. The Morgan fingerprint density at radius 1 is 1.18 bits per heavy atom. The van der Waals surface area contributed by atoms with E-state index in [1.807, 2.05) is 0 Å². The fraction of sp³-hybridized carbons (Fsp3) is 0.476. The van der Waals surface area contributed by atoms with Crippen molar-refractivity contribution in [2.75, 3.05) is 13.2 Å². The second kappa shape index (κ2) is 8.82. The topological polar surface area (TPSA) is 41.6 Å². The van der Waals surface area contributed by atoms with Crippen LogP contribution in [0.1, 0.15) is 50.6 Å². The van der Waals surface area contributed by atoms with Crippen molar-refractivity contribution in [3.63, 3.8) is 0 Å². The normalized spacial score (nSPS) is 16.4. The smallest absolute Gasteiger partial charge is 0.409 e. The van der Waals surface area contributed by atoms with Crippen LogP contribution in [0.3, 0.4) is 0 Å². The molecule has 28 heavy (non-hydrogen) atoms. The van der Waals surface area contributed by atoms with E-state index < -0.39 is 18.1 Å². The molecule has 7 heteroatoms. The van der Waals surface area contributed by atoms with E-state index in [9.17, 15) is 18.0 Å². The lowest BCUT2D eigenvalue weighted by atomic mass is 9.97. The second-order valence-electron chi connectivity index (χ2n) is 7.06. The number of carbonyl (C=O) groups is 1. The largest absolute Gasteiger partial charge is 0.494 e. The average Bonchev–Trinajstić information content (AvgIpc) is 3.06. The van der Waals surface area contributed by atoms with Gasteiger partial charge in [0.1, 0.15) is 5.75 Å². The van der Waals surface area contributed by atoms with Crippen molar-refractivity contribution in [2.24, 2.45) is 0 Å². The maximum absolute atomic E-state index is 13.8. The highest BCUT2D eigenvalue weighted by Crippen LogP contribution is 2.41. The van der Waals surface area contributed by atoms with Gasteiger partial charge < -0.3 is 4.74 Å². The number of halogens is 3. The number of amides is 1. The lowest BCUT2D eigenvalue weighted by Gasteiger charge is -2.30. The Morgan fingerprint density at radius 3 is 2.68 bits per heavy atom. The van der Waals surface area contributed by atoms with Gasteiger partial charge in [0, 0.05) is 13.0 Å². The van der Waals surface area contributed by atoms with Crippen LogP contribution in [-0.4, -0.2) is 30.2 Å². The second-order valence-corrected chi connectivity index (χ2v) is 7.06. The molecule has 0 aliphatic carbocycles. The van der Waals surface area contributed by atoms with Crippen molar-refractivity contribution in [1.82, 2.24) is 10.4 Å². The molecule has 2 aromatic carbocycles. The highest BCUT2D eigenvalue weighted by atomic mass is 19.4. The number of unbranched alkanes of at least 4 members (excludes halogenated alkanes) is 3. The molecule has 0 saturated carbocycles. The van der Waals surface area contributed by atoms with Crippen molar-refractivity contribution in [3.05, 3.63) is 42.0 Å².